The molecule has 1 aromatic rings. The Labute approximate surface area is 161 Å². The molecule has 1 N–H and O–H groups in total. The molecule has 0 spiro atoms. The van der Waals surface area contributed by atoms with Gasteiger partial charge < -0.3 is 14.5 Å². The Bertz CT molecular complexity index is 783. The summed E-state index contributed by atoms with van der Waals surface area (Å²) in [4.78, 5) is 43.7. The zero-order valence-corrected chi connectivity index (χ0v) is 15.6. The van der Waals surface area contributed by atoms with E-state index in [4.69, 9.17) is 4.74 Å². The molecule has 8 nitrogen and oxygen atoms in total. The minimum Gasteiger partial charge on any atom is -0.460 e. The van der Waals surface area contributed by atoms with E-state index in [1.54, 1.807) is 18.0 Å². The van der Waals surface area contributed by atoms with Crippen molar-refractivity contribution < 1.29 is 19.1 Å². The zero-order chi connectivity index (χ0) is 19.4. The van der Waals surface area contributed by atoms with Gasteiger partial charge in [0, 0.05) is 13.6 Å². The van der Waals surface area contributed by atoms with Gasteiger partial charge in [-0.15, -0.1) is 6.58 Å². The lowest BCUT2D eigenvalue weighted by molar-refractivity contribution is -0.141. The van der Waals surface area contributed by atoms with Gasteiger partial charge in [-0.2, -0.15) is 0 Å². The molecule has 0 radical (unpaired) electrons. The van der Waals surface area contributed by atoms with Gasteiger partial charge in [-0.3, -0.25) is 14.9 Å². The first-order chi connectivity index (χ1) is 13.0. The molecule has 1 fully saturated rings. The van der Waals surface area contributed by atoms with Gasteiger partial charge in [0.25, 0.3) is 5.91 Å². The maximum atomic E-state index is 12.3. The van der Waals surface area contributed by atoms with Gasteiger partial charge in [-0.05, 0) is 5.56 Å². The van der Waals surface area contributed by atoms with E-state index >= 15 is 0 Å². The van der Waals surface area contributed by atoms with Crippen LogP contribution in [-0.4, -0.2) is 64.4 Å². The molecule has 0 bridgehead atoms. The highest BCUT2D eigenvalue weighted by Crippen LogP contribution is 2.28. The number of likely N-dealkylation sites (N-methyl/N-ethyl adjacent to an activating group) is 1. The molecule has 142 valence electrons. The number of nitrogens with zero attached hydrogens (tertiary/aromatic N) is 3. The third kappa shape index (κ3) is 4.13. The Morgan fingerprint density at radius 2 is 2.11 bits per heavy atom. The quantitative estimate of drug-likeness (QED) is 0.582. The van der Waals surface area contributed by atoms with Crippen LogP contribution >= 0.6 is 11.8 Å². The molecule has 2 aliphatic rings. The number of imide groups is 1. The molecule has 2 aliphatic heterocycles. The van der Waals surface area contributed by atoms with Crippen LogP contribution in [0.3, 0.4) is 0 Å². The summed E-state index contributed by atoms with van der Waals surface area (Å²) in [5.74, 6) is -0.734. The first-order valence-corrected chi connectivity index (χ1v) is 9.35. The van der Waals surface area contributed by atoms with E-state index in [1.807, 2.05) is 30.3 Å². The first-order valence-electron chi connectivity index (χ1n) is 8.36. The summed E-state index contributed by atoms with van der Waals surface area (Å²) in [6, 6.07) is 8.29. The van der Waals surface area contributed by atoms with Crippen molar-refractivity contribution in [3.63, 3.8) is 0 Å². The first kappa shape index (κ1) is 19.0. The number of amidine groups is 1. The maximum Gasteiger partial charge on any atom is 0.325 e. The third-order valence-electron chi connectivity index (χ3n) is 4.21. The normalized spacial score (nSPS) is 21.4. The third-order valence-corrected chi connectivity index (χ3v) is 5.19. The largest absolute Gasteiger partial charge is 0.460 e. The molecule has 2 unspecified atom stereocenters. The number of fused-ring (bicyclic) bond motifs is 1. The number of urea groups is 1. The Kier molecular flexibility index (Phi) is 5.80. The molecule has 0 aliphatic carbocycles. The summed E-state index contributed by atoms with van der Waals surface area (Å²) in [6.45, 7) is 4.28. The Hall–Kier alpha value is -2.81. The smallest absolute Gasteiger partial charge is 0.325 e. The number of carbonyl (C=O) groups excluding carboxylic acids is 3. The molecule has 3 rings (SSSR count). The van der Waals surface area contributed by atoms with Crippen LogP contribution in [0.5, 0.6) is 0 Å². The number of carbonyl (C=O) groups is 3. The van der Waals surface area contributed by atoms with Crippen LogP contribution in [0.15, 0.2) is 48.0 Å². The van der Waals surface area contributed by atoms with Crippen LogP contribution in [-0.2, 0) is 20.9 Å². The van der Waals surface area contributed by atoms with Crippen LogP contribution in [0.4, 0.5) is 4.79 Å². The van der Waals surface area contributed by atoms with Gasteiger partial charge in [0.15, 0.2) is 17.4 Å². The van der Waals surface area contributed by atoms with E-state index in [0.717, 1.165) is 5.56 Å². The Balaban J connectivity index is 1.62. The van der Waals surface area contributed by atoms with Crippen LogP contribution in [0.1, 0.15) is 5.56 Å². The van der Waals surface area contributed by atoms with E-state index in [0.29, 0.717) is 11.7 Å². The number of esters is 1. The topological polar surface area (TPSA) is 91.3 Å². The average Bonchev–Trinajstić information content (AvgIpc) is 3.03. The van der Waals surface area contributed by atoms with Gasteiger partial charge in [0.1, 0.15) is 6.61 Å². The van der Waals surface area contributed by atoms with Crippen molar-refractivity contribution in [3.05, 3.63) is 48.6 Å². The van der Waals surface area contributed by atoms with Crippen LogP contribution in [0, 0.1) is 0 Å². The lowest BCUT2D eigenvalue weighted by Gasteiger charge is -2.35. The van der Waals surface area contributed by atoms with Gasteiger partial charge >= 0.3 is 12.0 Å². The number of hydrogen-bond acceptors (Lipinski definition) is 7. The molecule has 2 heterocycles. The van der Waals surface area contributed by atoms with Crippen molar-refractivity contribution >= 4 is 34.8 Å². The molecule has 1 aromatic carbocycles. The number of benzene rings is 1. The molecule has 1 saturated heterocycles. The minimum absolute atomic E-state index is 0.0536. The van der Waals surface area contributed by atoms with Crippen molar-refractivity contribution in [2.45, 2.75) is 18.8 Å². The molecule has 9 heteroatoms. The predicted octanol–water partition coefficient (Wildman–Crippen LogP) is 1.20. The SMILES string of the molecule is C=CCN1C(SCC(=O)OCc2ccccc2)=NC2C1C(=O)NC(=O)N2C. The van der Waals surface area contributed by atoms with Gasteiger partial charge in [-0.1, -0.05) is 48.2 Å². The van der Waals surface area contributed by atoms with Crippen LogP contribution < -0.4 is 5.32 Å². The number of ether oxygens (including phenoxy) is 1. The van der Waals surface area contributed by atoms with Gasteiger partial charge in [0.2, 0.25) is 0 Å². The zero-order valence-electron chi connectivity index (χ0n) is 14.8. The summed E-state index contributed by atoms with van der Waals surface area (Å²) in [7, 11) is 1.58. The number of thioether (sulfide) groups is 1. The van der Waals surface area contributed by atoms with Crippen molar-refractivity contribution in [1.82, 2.24) is 15.1 Å². The highest BCUT2D eigenvalue weighted by Gasteiger charge is 2.48. The monoisotopic (exact) mass is 388 g/mol. The van der Waals surface area contributed by atoms with Crippen molar-refractivity contribution in [1.29, 1.82) is 0 Å². The van der Waals surface area contributed by atoms with Gasteiger partial charge in [-0.25, -0.2) is 9.79 Å². The summed E-state index contributed by atoms with van der Waals surface area (Å²) in [5.41, 5.74) is 0.908. The Morgan fingerprint density at radius 1 is 1.37 bits per heavy atom. The standard InChI is InChI=1S/C18H20N4O4S/c1-3-9-22-14-15(21(2)17(25)20-16(14)24)19-18(22)27-11-13(23)26-10-12-7-5-4-6-8-12/h3-8,14-15H,1,9-11H2,2H3,(H,20,24,25). The summed E-state index contributed by atoms with van der Waals surface area (Å²) in [5, 5.41) is 2.82. The lowest BCUT2D eigenvalue weighted by Crippen LogP contribution is -2.63. The van der Waals surface area contributed by atoms with Gasteiger partial charge in [0.05, 0.1) is 5.75 Å². The van der Waals surface area contributed by atoms with Crippen molar-refractivity contribution in [2.75, 3.05) is 19.3 Å². The Morgan fingerprint density at radius 3 is 2.81 bits per heavy atom. The van der Waals surface area contributed by atoms with Crippen LogP contribution in [0.2, 0.25) is 0 Å². The fourth-order valence-electron chi connectivity index (χ4n) is 2.85. The minimum atomic E-state index is -0.631. The summed E-state index contributed by atoms with van der Waals surface area (Å²) in [6.07, 6.45) is 1.03. The van der Waals surface area contributed by atoms with E-state index < -0.39 is 24.1 Å². The second-order valence-corrected chi connectivity index (χ2v) is 6.99. The van der Waals surface area contributed by atoms with E-state index in [2.05, 4.69) is 16.9 Å². The van der Waals surface area contributed by atoms with Crippen LogP contribution in [0.25, 0.3) is 0 Å². The highest BCUT2D eigenvalue weighted by molar-refractivity contribution is 8.14. The van der Waals surface area contributed by atoms with E-state index in [1.165, 1.54) is 16.7 Å². The number of aliphatic imine (C=N–C) groups is 1. The van der Waals surface area contributed by atoms with Crippen molar-refractivity contribution in [2.24, 2.45) is 4.99 Å². The fourth-order valence-corrected chi connectivity index (χ4v) is 3.72. The highest BCUT2D eigenvalue weighted by atomic mass is 32.2. The predicted molar refractivity (Wildman–Crippen MR) is 102 cm³/mol. The summed E-state index contributed by atoms with van der Waals surface area (Å²) >= 11 is 1.18. The number of amides is 3. The summed E-state index contributed by atoms with van der Waals surface area (Å²) < 4.78 is 5.26. The van der Waals surface area contributed by atoms with Crippen molar-refractivity contribution in [3.8, 4) is 0 Å². The molecular formula is C18H20N4O4S. The second-order valence-electron chi connectivity index (χ2n) is 6.05. The molecule has 3 amide bonds. The number of rotatable bonds is 6. The lowest BCUT2D eigenvalue weighted by atomic mass is 10.1. The van der Waals surface area contributed by atoms with E-state index in [-0.39, 0.29) is 18.3 Å². The van der Waals surface area contributed by atoms with E-state index in [9.17, 15) is 14.4 Å². The molecule has 0 saturated carbocycles. The number of hydrogen-bond donors (Lipinski definition) is 1. The number of nitrogens with one attached hydrogen (secondary N) is 1. The molecule has 27 heavy (non-hydrogen) atoms. The molecule has 2 atom stereocenters. The molecule has 0 aromatic heterocycles. The fraction of sp³-hybridized carbons (Fsp3) is 0.333. The average molecular weight is 388 g/mol. The second kappa shape index (κ2) is 8.26. The maximum absolute atomic E-state index is 12.3. The molecular weight excluding hydrogens is 368 g/mol.